The molecule has 1 aromatic rings. The van der Waals surface area contributed by atoms with Crippen LogP contribution >= 0.6 is 0 Å². The smallest absolute Gasteiger partial charge is 0.0404 e. The lowest BCUT2D eigenvalue weighted by molar-refractivity contribution is 0.586. The average Bonchev–Trinajstić information content (AvgIpc) is 2.29. The molecule has 88 valence electrons. The van der Waals surface area contributed by atoms with Crippen LogP contribution in [0.4, 0.5) is 5.69 Å². The Morgan fingerprint density at radius 3 is 2.50 bits per heavy atom. The number of nitrogens with zero attached hydrogens (tertiary/aromatic N) is 1. The van der Waals surface area contributed by atoms with Gasteiger partial charge in [0.15, 0.2) is 0 Å². The topological polar surface area (TPSA) is 15.3 Å². The first-order chi connectivity index (χ1) is 7.68. The van der Waals surface area contributed by atoms with Crippen molar-refractivity contribution in [3.05, 3.63) is 29.3 Å². The highest BCUT2D eigenvalue weighted by Crippen LogP contribution is 2.28. The van der Waals surface area contributed by atoms with Gasteiger partial charge in [0, 0.05) is 31.9 Å². The summed E-state index contributed by atoms with van der Waals surface area (Å²) in [5.41, 5.74) is 4.28. The molecule has 1 aromatic carbocycles. The van der Waals surface area contributed by atoms with Crippen molar-refractivity contribution in [2.24, 2.45) is 0 Å². The summed E-state index contributed by atoms with van der Waals surface area (Å²) in [6.45, 7) is 11.2. The van der Waals surface area contributed by atoms with Crippen molar-refractivity contribution in [3.63, 3.8) is 0 Å². The molecule has 1 N–H and O–H groups in total. The molecule has 0 amide bonds. The SMILES string of the molecule is Cc1ccc(C(C)C)c(N2CCNCC2)c1. The zero-order valence-electron chi connectivity index (χ0n) is 10.6. The van der Waals surface area contributed by atoms with Crippen molar-refractivity contribution in [2.45, 2.75) is 26.7 Å². The Hall–Kier alpha value is -1.02. The normalized spacial score (nSPS) is 16.9. The van der Waals surface area contributed by atoms with Crippen LogP contribution < -0.4 is 10.2 Å². The summed E-state index contributed by atoms with van der Waals surface area (Å²) in [6, 6.07) is 6.85. The zero-order valence-corrected chi connectivity index (χ0v) is 10.6. The minimum atomic E-state index is 0.602. The maximum absolute atomic E-state index is 3.41. The van der Waals surface area contributed by atoms with Crippen molar-refractivity contribution in [1.29, 1.82) is 0 Å². The molecular formula is C14H22N2. The van der Waals surface area contributed by atoms with Gasteiger partial charge in [0.2, 0.25) is 0 Å². The molecule has 2 rings (SSSR count). The number of aryl methyl sites for hydroxylation is 1. The quantitative estimate of drug-likeness (QED) is 0.820. The fourth-order valence-electron chi connectivity index (χ4n) is 2.32. The number of anilines is 1. The highest BCUT2D eigenvalue weighted by Gasteiger charge is 2.15. The Morgan fingerprint density at radius 2 is 1.88 bits per heavy atom. The molecule has 0 aliphatic carbocycles. The van der Waals surface area contributed by atoms with Crippen molar-refractivity contribution in [1.82, 2.24) is 5.32 Å². The van der Waals surface area contributed by atoms with E-state index in [-0.39, 0.29) is 0 Å². The second-order valence-electron chi connectivity index (χ2n) is 4.95. The number of nitrogens with one attached hydrogen (secondary N) is 1. The average molecular weight is 218 g/mol. The summed E-state index contributed by atoms with van der Waals surface area (Å²) in [7, 11) is 0. The Labute approximate surface area is 98.7 Å². The number of rotatable bonds is 2. The maximum Gasteiger partial charge on any atom is 0.0404 e. The molecule has 1 saturated heterocycles. The van der Waals surface area contributed by atoms with E-state index >= 15 is 0 Å². The summed E-state index contributed by atoms with van der Waals surface area (Å²) in [5.74, 6) is 0.602. The van der Waals surface area contributed by atoms with Gasteiger partial charge in [0.05, 0.1) is 0 Å². The van der Waals surface area contributed by atoms with Crippen LogP contribution in [0.5, 0.6) is 0 Å². The van der Waals surface area contributed by atoms with Crippen LogP contribution in [0.2, 0.25) is 0 Å². The molecule has 16 heavy (non-hydrogen) atoms. The van der Waals surface area contributed by atoms with Gasteiger partial charge in [0.1, 0.15) is 0 Å². The van der Waals surface area contributed by atoms with Gasteiger partial charge in [-0.15, -0.1) is 0 Å². The molecule has 1 aliphatic rings. The molecule has 0 saturated carbocycles. The Morgan fingerprint density at radius 1 is 1.19 bits per heavy atom. The van der Waals surface area contributed by atoms with Gasteiger partial charge < -0.3 is 10.2 Å². The first-order valence-corrected chi connectivity index (χ1v) is 6.24. The highest BCUT2D eigenvalue weighted by molar-refractivity contribution is 5.57. The summed E-state index contributed by atoms with van der Waals surface area (Å²) in [5, 5.41) is 3.41. The summed E-state index contributed by atoms with van der Waals surface area (Å²) >= 11 is 0. The van der Waals surface area contributed by atoms with Gasteiger partial charge >= 0.3 is 0 Å². The third-order valence-corrected chi connectivity index (χ3v) is 3.27. The van der Waals surface area contributed by atoms with Crippen molar-refractivity contribution < 1.29 is 0 Å². The van der Waals surface area contributed by atoms with Crippen LogP contribution in [0, 0.1) is 6.92 Å². The van der Waals surface area contributed by atoms with Gasteiger partial charge in [0.25, 0.3) is 0 Å². The molecule has 1 heterocycles. The molecular weight excluding hydrogens is 196 g/mol. The molecule has 0 aromatic heterocycles. The van der Waals surface area contributed by atoms with Crippen molar-refractivity contribution >= 4 is 5.69 Å². The van der Waals surface area contributed by atoms with E-state index in [1.54, 1.807) is 0 Å². The fraction of sp³-hybridized carbons (Fsp3) is 0.571. The van der Waals surface area contributed by atoms with Crippen LogP contribution in [-0.2, 0) is 0 Å². The van der Waals surface area contributed by atoms with Gasteiger partial charge in [-0.05, 0) is 30.0 Å². The van der Waals surface area contributed by atoms with Gasteiger partial charge in [-0.1, -0.05) is 26.0 Å². The van der Waals surface area contributed by atoms with Crippen LogP contribution in [0.1, 0.15) is 30.9 Å². The fourth-order valence-corrected chi connectivity index (χ4v) is 2.32. The van der Waals surface area contributed by atoms with E-state index in [1.165, 1.54) is 16.8 Å². The molecule has 0 atom stereocenters. The lowest BCUT2D eigenvalue weighted by Crippen LogP contribution is -2.44. The third-order valence-electron chi connectivity index (χ3n) is 3.27. The second kappa shape index (κ2) is 4.88. The van der Waals surface area contributed by atoms with E-state index in [1.807, 2.05) is 0 Å². The van der Waals surface area contributed by atoms with E-state index < -0.39 is 0 Å². The Bertz CT molecular complexity index is 352. The minimum Gasteiger partial charge on any atom is -0.369 e. The number of hydrogen-bond acceptors (Lipinski definition) is 2. The van der Waals surface area contributed by atoms with E-state index in [2.05, 4.69) is 49.2 Å². The molecule has 0 spiro atoms. The molecule has 1 fully saturated rings. The molecule has 2 heteroatoms. The maximum atomic E-state index is 3.41. The van der Waals surface area contributed by atoms with E-state index in [0.717, 1.165) is 26.2 Å². The van der Waals surface area contributed by atoms with E-state index in [4.69, 9.17) is 0 Å². The molecule has 0 bridgehead atoms. The van der Waals surface area contributed by atoms with Crippen LogP contribution in [0.3, 0.4) is 0 Å². The van der Waals surface area contributed by atoms with Crippen LogP contribution in [0.25, 0.3) is 0 Å². The first kappa shape index (κ1) is 11.5. The monoisotopic (exact) mass is 218 g/mol. The summed E-state index contributed by atoms with van der Waals surface area (Å²) < 4.78 is 0. The number of hydrogen-bond donors (Lipinski definition) is 1. The number of benzene rings is 1. The lowest BCUT2D eigenvalue weighted by Gasteiger charge is -2.32. The van der Waals surface area contributed by atoms with Crippen LogP contribution in [0.15, 0.2) is 18.2 Å². The molecule has 2 nitrogen and oxygen atoms in total. The molecule has 0 unspecified atom stereocenters. The first-order valence-electron chi connectivity index (χ1n) is 6.24. The Kier molecular flexibility index (Phi) is 3.49. The van der Waals surface area contributed by atoms with Crippen LogP contribution in [-0.4, -0.2) is 26.2 Å². The summed E-state index contributed by atoms with van der Waals surface area (Å²) in [6.07, 6.45) is 0. The second-order valence-corrected chi connectivity index (χ2v) is 4.95. The number of piperazine rings is 1. The van der Waals surface area contributed by atoms with Gasteiger partial charge in [-0.25, -0.2) is 0 Å². The van der Waals surface area contributed by atoms with E-state index in [0.29, 0.717) is 5.92 Å². The van der Waals surface area contributed by atoms with Crippen molar-refractivity contribution in [2.75, 3.05) is 31.1 Å². The third kappa shape index (κ3) is 2.38. The standard InChI is InChI=1S/C14H22N2/c1-11(2)13-5-4-12(3)10-14(13)16-8-6-15-7-9-16/h4-5,10-11,15H,6-9H2,1-3H3. The molecule has 0 radical (unpaired) electrons. The van der Waals surface area contributed by atoms with E-state index in [9.17, 15) is 0 Å². The minimum absolute atomic E-state index is 0.602. The van der Waals surface area contributed by atoms with Gasteiger partial charge in [-0.3, -0.25) is 0 Å². The van der Waals surface area contributed by atoms with Crippen molar-refractivity contribution in [3.8, 4) is 0 Å². The highest BCUT2D eigenvalue weighted by atomic mass is 15.2. The largest absolute Gasteiger partial charge is 0.369 e. The molecule has 1 aliphatic heterocycles. The summed E-state index contributed by atoms with van der Waals surface area (Å²) in [4.78, 5) is 2.51. The predicted octanol–water partition coefficient (Wildman–Crippen LogP) is 2.53. The lowest BCUT2D eigenvalue weighted by atomic mass is 9.98. The van der Waals surface area contributed by atoms with Gasteiger partial charge in [-0.2, -0.15) is 0 Å². The predicted molar refractivity (Wildman–Crippen MR) is 70.4 cm³/mol. The zero-order chi connectivity index (χ0) is 11.5. The Balaban J connectivity index is 2.32.